The number of amides is 3. The van der Waals surface area contributed by atoms with Gasteiger partial charge in [-0.1, -0.05) is 72.8 Å². The van der Waals surface area contributed by atoms with Gasteiger partial charge in [0.2, 0.25) is 17.7 Å². The number of hydrogen-bond donors (Lipinski definition) is 3. The molecule has 81 heavy (non-hydrogen) atoms. The Bertz CT molecular complexity index is 3310. The number of carbonyl (C=O) groups excluding carboxylic acids is 3. The summed E-state index contributed by atoms with van der Waals surface area (Å²) >= 11 is 0. The number of benzene rings is 3. The number of carbonyl (C=O) groups is 3. The fraction of sp³-hybridized carbons (Fsp3) is 0.250. The molecule has 3 atom stereocenters. The third-order valence-electron chi connectivity index (χ3n) is 14.3. The Morgan fingerprint density at radius 3 is 0.901 bits per heavy atom. The number of nitrogens with one attached hydrogen (secondary N) is 3. The maximum atomic E-state index is 13.0. The van der Waals surface area contributed by atoms with Crippen molar-refractivity contribution in [3.05, 3.63) is 197 Å². The van der Waals surface area contributed by atoms with E-state index in [1.165, 1.54) is 0 Å². The van der Waals surface area contributed by atoms with Crippen LogP contribution >= 0.6 is 0 Å². The molecule has 3 saturated heterocycles. The summed E-state index contributed by atoms with van der Waals surface area (Å²) in [4.78, 5) is 79.6. The first kappa shape index (κ1) is 53.8. The van der Waals surface area contributed by atoms with Crippen LogP contribution in [0, 0.1) is 37.5 Å². The van der Waals surface area contributed by atoms with Crippen LogP contribution in [-0.2, 0) is 33.6 Å². The summed E-state index contributed by atoms with van der Waals surface area (Å²) in [5.74, 6) is 2.98. The van der Waals surface area contributed by atoms with E-state index < -0.39 is 0 Å². The van der Waals surface area contributed by atoms with Gasteiger partial charge in [-0.15, -0.1) is 15.3 Å². The standard InChI is InChI=1S/3C20H18N6O/c3*1-21-17-6-4-14(5-7-17)13-16-3-2-12-26(19(16)27)20-23-18(24-25-20)15-8-10-22-11-9-15/h3*4-11,16H,2-3,12-13H2,(H,23,24,25)/t2*16-;/m10./s1. The molecule has 9 aromatic rings. The lowest BCUT2D eigenvalue weighted by Gasteiger charge is -2.30. The van der Waals surface area contributed by atoms with Crippen LogP contribution in [0.1, 0.15) is 55.2 Å². The molecule has 1 unspecified atom stereocenters. The summed E-state index contributed by atoms with van der Waals surface area (Å²) in [5.41, 5.74) is 7.67. The number of H-pyrrole nitrogens is 3. The smallest absolute Gasteiger partial charge is 0.251 e. The van der Waals surface area contributed by atoms with Crippen LogP contribution in [0.15, 0.2) is 146 Å². The lowest BCUT2D eigenvalue weighted by Crippen LogP contribution is -2.42. The van der Waals surface area contributed by atoms with E-state index in [4.69, 9.17) is 19.7 Å². The van der Waals surface area contributed by atoms with E-state index in [9.17, 15) is 14.4 Å². The predicted molar refractivity (Wildman–Crippen MR) is 303 cm³/mol. The molecule has 3 fully saturated rings. The van der Waals surface area contributed by atoms with Gasteiger partial charge in [-0.05, 0) is 111 Å². The zero-order valence-corrected chi connectivity index (χ0v) is 44.0. The largest absolute Gasteiger partial charge is 0.279 e. The van der Waals surface area contributed by atoms with E-state index in [-0.39, 0.29) is 35.5 Å². The Balaban J connectivity index is 0.000000136. The average Bonchev–Trinajstić information content (AvgIpc) is 4.40. The number of nitrogens with zero attached hydrogens (tertiary/aromatic N) is 15. The van der Waals surface area contributed by atoms with Gasteiger partial charge >= 0.3 is 0 Å². The molecule has 0 bridgehead atoms. The molecule has 0 radical (unpaired) electrons. The second-order valence-electron chi connectivity index (χ2n) is 19.6. The number of piperidine rings is 3. The van der Waals surface area contributed by atoms with E-state index in [1.807, 2.05) is 72.8 Å². The molecule has 0 aliphatic carbocycles. The van der Waals surface area contributed by atoms with E-state index in [0.717, 1.165) is 71.9 Å². The number of rotatable bonds is 12. The molecule has 0 spiro atoms. The number of pyridine rings is 3. The Labute approximate surface area is 467 Å². The number of aromatic amines is 3. The van der Waals surface area contributed by atoms with Crippen LogP contribution in [0.25, 0.3) is 48.7 Å². The first-order chi connectivity index (χ1) is 39.7. The zero-order valence-electron chi connectivity index (χ0n) is 44.0. The second kappa shape index (κ2) is 25.7. The molecule has 3 aromatic carbocycles. The van der Waals surface area contributed by atoms with Crippen LogP contribution in [0.3, 0.4) is 0 Å². The Kier molecular flexibility index (Phi) is 17.1. The zero-order chi connectivity index (χ0) is 55.9. The van der Waals surface area contributed by atoms with Crippen LogP contribution < -0.4 is 14.7 Å². The van der Waals surface area contributed by atoms with Gasteiger partial charge in [-0.25, -0.2) is 14.5 Å². The lowest BCUT2D eigenvalue weighted by molar-refractivity contribution is -0.124. The molecule has 21 heteroatoms. The third-order valence-corrected chi connectivity index (χ3v) is 14.3. The maximum Gasteiger partial charge on any atom is 0.251 e. The molecular weight excluding hydrogens is 1020 g/mol. The fourth-order valence-corrected chi connectivity index (χ4v) is 10.0. The minimum absolute atomic E-state index is 0.0517. The molecule has 6 aromatic heterocycles. The molecule has 3 aliphatic rings. The Morgan fingerprint density at radius 2 is 0.654 bits per heavy atom. The molecule has 3 N–H and O–H groups in total. The van der Waals surface area contributed by atoms with E-state index in [0.29, 0.717) is 91.3 Å². The predicted octanol–water partition coefficient (Wildman–Crippen LogP) is 10.2. The van der Waals surface area contributed by atoms with Crippen LogP contribution in [0.2, 0.25) is 0 Å². The van der Waals surface area contributed by atoms with Crippen molar-refractivity contribution in [3.8, 4) is 34.2 Å². The highest BCUT2D eigenvalue weighted by Crippen LogP contribution is 2.31. The first-order valence-electron chi connectivity index (χ1n) is 26.5. The number of aromatic nitrogens is 12. The summed E-state index contributed by atoms with van der Waals surface area (Å²) < 4.78 is 0. The number of hydrogen-bond acceptors (Lipinski definition) is 12. The summed E-state index contributed by atoms with van der Waals surface area (Å²) in [7, 11) is 0. The number of anilines is 3. The van der Waals surface area contributed by atoms with Crippen molar-refractivity contribution in [2.24, 2.45) is 17.8 Å². The van der Waals surface area contributed by atoms with E-state index >= 15 is 0 Å². The van der Waals surface area contributed by atoms with Crippen LogP contribution in [0.5, 0.6) is 0 Å². The van der Waals surface area contributed by atoms with Gasteiger partial charge in [0.1, 0.15) is 0 Å². The van der Waals surface area contributed by atoms with Crippen LogP contribution in [0.4, 0.5) is 34.9 Å². The average molecular weight is 1080 g/mol. The summed E-state index contributed by atoms with van der Waals surface area (Å²) in [6.45, 7) is 23.0. The Hall–Kier alpha value is -10.6. The van der Waals surface area contributed by atoms with Crippen molar-refractivity contribution in [2.75, 3.05) is 34.3 Å². The SMILES string of the molecule is [C-]#[N+]c1ccc(CC2CCCN(c3n[nH]c(-c4ccncc4)n3)C2=O)cc1.[C-]#[N+]c1ccc(C[C@@H]2CCCN(c3n[nH]c(-c4ccncc4)n3)C2=O)cc1.[C-]#[N+]c1ccc(C[C@H]2CCCN(c3n[nH]c(-c4ccncc4)n3)C2=O)cc1. The van der Waals surface area contributed by atoms with Crippen molar-refractivity contribution in [2.45, 2.75) is 57.8 Å². The molecule has 0 saturated carbocycles. The van der Waals surface area contributed by atoms with Gasteiger partial charge in [0.25, 0.3) is 17.8 Å². The minimum Gasteiger partial charge on any atom is -0.279 e. The van der Waals surface area contributed by atoms with Gasteiger partial charge in [0, 0.05) is 91.3 Å². The van der Waals surface area contributed by atoms with Crippen molar-refractivity contribution >= 4 is 52.6 Å². The maximum absolute atomic E-state index is 13.0. The van der Waals surface area contributed by atoms with E-state index in [2.05, 4.69) is 75.0 Å². The summed E-state index contributed by atoms with van der Waals surface area (Å²) in [6, 6.07) is 33.4. The normalized spacial score (nSPS) is 16.9. The van der Waals surface area contributed by atoms with Gasteiger partial charge in [0.05, 0.1) is 19.7 Å². The highest BCUT2D eigenvalue weighted by atomic mass is 16.2. The first-order valence-corrected chi connectivity index (χ1v) is 26.5. The highest BCUT2D eigenvalue weighted by Gasteiger charge is 2.34. The van der Waals surface area contributed by atoms with Crippen molar-refractivity contribution in [3.63, 3.8) is 0 Å². The quantitative estimate of drug-likeness (QED) is 0.0969. The summed E-state index contributed by atoms with van der Waals surface area (Å²) in [5, 5.41) is 21.5. The molecular formula is C60H54N18O3. The molecule has 9 heterocycles. The minimum atomic E-state index is -0.0968. The fourth-order valence-electron chi connectivity index (χ4n) is 10.0. The van der Waals surface area contributed by atoms with Gasteiger partial charge in [-0.2, -0.15) is 15.0 Å². The molecule has 12 rings (SSSR count). The van der Waals surface area contributed by atoms with Crippen LogP contribution in [-0.4, -0.2) is 97.9 Å². The van der Waals surface area contributed by atoms with Crippen molar-refractivity contribution < 1.29 is 14.4 Å². The van der Waals surface area contributed by atoms with Crippen molar-refractivity contribution in [1.29, 1.82) is 0 Å². The molecule has 3 aliphatic heterocycles. The topological polar surface area (TPSA) is 237 Å². The molecule has 402 valence electrons. The second-order valence-corrected chi connectivity index (χ2v) is 19.6. The molecule has 3 amide bonds. The van der Waals surface area contributed by atoms with Gasteiger partial charge in [0.15, 0.2) is 34.5 Å². The monoisotopic (exact) mass is 1070 g/mol. The Morgan fingerprint density at radius 1 is 0.395 bits per heavy atom. The van der Waals surface area contributed by atoms with Crippen molar-refractivity contribution in [1.82, 2.24) is 60.5 Å². The van der Waals surface area contributed by atoms with Gasteiger partial charge < -0.3 is 0 Å². The third kappa shape index (κ3) is 13.2. The van der Waals surface area contributed by atoms with Gasteiger partial charge in [-0.3, -0.25) is 59.3 Å². The molecule has 21 nitrogen and oxygen atoms in total. The van der Waals surface area contributed by atoms with E-state index in [1.54, 1.807) is 88.3 Å². The summed E-state index contributed by atoms with van der Waals surface area (Å²) in [6.07, 6.45) is 17.4. The highest BCUT2D eigenvalue weighted by molar-refractivity contribution is 5.96. The lowest BCUT2D eigenvalue weighted by atomic mass is 9.90.